The van der Waals surface area contributed by atoms with E-state index in [0.29, 0.717) is 0 Å². The zero-order valence-electron chi connectivity index (χ0n) is 8.97. The zero-order valence-corrected chi connectivity index (χ0v) is 8.97. The molecule has 0 aliphatic heterocycles. The molecule has 2 heterocycles. The number of rotatable bonds is 0. The molecule has 0 fully saturated rings. The number of fused-ring (bicyclic) bond motifs is 1. The van der Waals surface area contributed by atoms with Gasteiger partial charge in [-0.3, -0.25) is 0 Å². The third kappa shape index (κ3) is 0.999. The van der Waals surface area contributed by atoms with Gasteiger partial charge in [-0.05, 0) is 33.3 Å². The minimum atomic E-state index is 0.966. The van der Waals surface area contributed by atoms with Crippen molar-refractivity contribution in [3.8, 4) is 0 Å². The van der Waals surface area contributed by atoms with Crippen molar-refractivity contribution in [1.82, 2.24) is 10.1 Å². The molecule has 4 nitrogen and oxygen atoms in total. The largest absolute Gasteiger partial charge is 0.293 e. The van der Waals surface area contributed by atoms with Crippen molar-refractivity contribution in [2.75, 3.05) is 5.84 Å². The van der Waals surface area contributed by atoms with E-state index in [1.165, 1.54) is 11.1 Å². The highest BCUT2D eigenvalue weighted by Gasteiger charge is 2.19. The molecule has 0 unspecified atom stereocenters. The van der Waals surface area contributed by atoms with Crippen LogP contribution in [0.1, 0.15) is 22.5 Å². The van der Waals surface area contributed by atoms with Gasteiger partial charge in [0.15, 0.2) is 5.52 Å². The highest BCUT2D eigenvalue weighted by molar-refractivity contribution is 5.78. The number of hydrogen-bond acceptors (Lipinski definition) is 2. The van der Waals surface area contributed by atoms with Gasteiger partial charge in [0.1, 0.15) is 5.69 Å². The van der Waals surface area contributed by atoms with Crippen LogP contribution in [-0.2, 0) is 0 Å². The lowest BCUT2D eigenvalue weighted by atomic mass is 10.1. The number of H-pyrrole nitrogens is 1. The van der Waals surface area contributed by atoms with Gasteiger partial charge in [0, 0.05) is 16.0 Å². The quantitative estimate of drug-likeness (QED) is 0.478. The molecule has 74 valence electrons. The van der Waals surface area contributed by atoms with Crippen molar-refractivity contribution >= 4 is 11.0 Å². The molecule has 2 rings (SSSR count). The average Bonchev–Trinajstić information content (AvgIpc) is 2.38. The summed E-state index contributed by atoms with van der Waals surface area (Å²) in [6.45, 7) is 8.14. The van der Waals surface area contributed by atoms with Crippen molar-refractivity contribution in [1.29, 1.82) is 0 Å². The van der Waals surface area contributed by atoms with Crippen molar-refractivity contribution in [2.45, 2.75) is 27.7 Å². The summed E-state index contributed by atoms with van der Waals surface area (Å²) in [6, 6.07) is 0. The van der Waals surface area contributed by atoms with Gasteiger partial charge in [0.2, 0.25) is 0 Å². The molecule has 2 aromatic rings. The van der Waals surface area contributed by atoms with Crippen molar-refractivity contribution in [2.24, 2.45) is 0 Å². The van der Waals surface area contributed by atoms with Gasteiger partial charge in [-0.2, -0.15) is 5.84 Å². The van der Waals surface area contributed by atoms with E-state index in [1.807, 2.05) is 13.8 Å². The Labute approximate surface area is 82.7 Å². The number of aromatic amines is 1. The molecular formula is C10H15N4+. The molecule has 0 radical (unpaired) electrons. The summed E-state index contributed by atoms with van der Waals surface area (Å²) in [4.78, 5) is 6.07. The molecule has 2 aromatic heterocycles. The predicted molar refractivity (Wildman–Crippen MR) is 55.4 cm³/mol. The third-order valence-corrected chi connectivity index (χ3v) is 2.85. The molecule has 14 heavy (non-hydrogen) atoms. The zero-order chi connectivity index (χ0) is 10.5. The summed E-state index contributed by atoms with van der Waals surface area (Å²) in [7, 11) is 0. The van der Waals surface area contributed by atoms with Gasteiger partial charge in [-0.15, -0.1) is 5.10 Å². The molecule has 0 aliphatic carbocycles. The van der Waals surface area contributed by atoms with Crippen LogP contribution in [0, 0.1) is 27.7 Å². The molecule has 0 bridgehead atoms. The van der Waals surface area contributed by atoms with Crippen molar-refractivity contribution in [3.63, 3.8) is 0 Å². The number of aromatic nitrogens is 3. The van der Waals surface area contributed by atoms with Crippen LogP contribution >= 0.6 is 0 Å². The molecule has 4 heteroatoms. The van der Waals surface area contributed by atoms with Gasteiger partial charge < -0.3 is 0 Å². The van der Waals surface area contributed by atoms with Gasteiger partial charge in [-0.25, -0.2) is 4.98 Å². The van der Waals surface area contributed by atoms with Gasteiger partial charge in [0.05, 0.1) is 0 Å². The van der Waals surface area contributed by atoms with E-state index in [9.17, 15) is 0 Å². The lowest BCUT2D eigenvalue weighted by molar-refractivity contribution is -0.672. The van der Waals surface area contributed by atoms with Gasteiger partial charge in [-0.1, -0.05) is 0 Å². The number of hydrogen-bond donors (Lipinski definition) is 2. The maximum Gasteiger partial charge on any atom is 0.293 e. The van der Waals surface area contributed by atoms with Gasteiger partial charge >= 0.3 is 0 Å². The van der Waals surface area contributed by atoms with Crippen LogP contribution in [0.5, 0.6) is 0 Å². The van der Waals surface area contributed by atoms with Crippen molar-refractivity contribution in [3.05, 3.63) is 22.5 Å². The van der Waals surface area contributed by atoms with Crippen LogP contribution in [0.4, 0.5) is 0 Å². The number of nitrogens with one attached hydrogen (secondary N) is 1. The van der Waals surface area contributed by atoms with E-state index in [2.05, 4.69) is 23.9 Å². The monoisotopic (exact) mass is 191 g/mol. The van der Waals surface area contributed by atoms with E-state index in [0.717, 1.165) is 22.4 Å². The Balaban J connectivity index is 3.01. The highest BCUT2D eigenvalue weighted by Crippen LogP contribution is 2.20. The van der Waals surface area contributed by atoms with Crippen LogP contribution in [0.15, 0.2) is 0 Å². The summed E-state index contributed by atoms with van der Waals surface area (Å²) >= 11 is 0. The number of nitrogen functional groups attached to an aromatic ring is 1. The summed E-state index contributed by atoms with van der Waals surface area (Å²) < 4.78 is 0. The smallest absolute Gasteiger partial charge is 0.244 e. The Morgan fingerprint density at radius 2 is 1.79 bits per heavy atom. The molecule has 0 atom stereocenters. The fourth-order valence-electron chi connectivity index (χ4n) is 1.78. The SMILES string of the molecule is Cc1nc2c(C)[nH][n+](N)c2c(C)c1C. The molecule has 3 N–H and O–H groups in total. The Hall–Kier alpha value is -1.58. The van der Waals surface area contributed by atoms with Crippen LogP contribution in [0.2, 0.25) is 0 Å². The molecule has 0 aliphatic rings. The predicted octanol–water partition coefficient (Wildman–Crippen LogP) is 0.798. The third-order valence-electron chi connectivity index (χ3n) is 2.85. The second-order valence-electron chi connectivity index (χ2n) is 3.75. The number of nitrogens with zero attached hydrogens (tertiary/aromatic N) is 2. The Bertz CT molecular complexity index is 511. The van der Waals surface area contributed by atoms with Crippen LogP contribution in [0.3, 0.4) is 0 Å². The van der Waals surface area contributed by atoms with Gasteiger partial charge in [0.25, 0.3) is 5.52 Å². The first-order valence-electron chi connectivity index (χ1n) is 4.65. The van der Waals surface area contributed by atoms with E-state index in [1.54, 1.807) is 4.79 Å². The minimum Gasteiger partial charge on any atom is -0.244 e. The Kier molecular flexibility index (Phi) is 1.74. The lowest BCUT2D eigenvalue weighted by Crippen LogP contribution is -2.47. The summed E-state index contributed by atoms with van der Waals surface area (Å²) in [5, 5.41) is 3.04. The summed E-state index contributed by atoms with van der Waals surface area (Å²) in [5.41, 5.74) is 6.43. The highest BCUT2D eigenvalue weighted by atomic mass is 15.5. The molecule has 0 amide bonds. The molecule has 0 spiro atoms. The van der Waals surface area contributed by atoms with Crippen LogP contribution in [0.25, 0.3) is 11.0 Å². The van der Waals surface area contributed by atoms with E-state index >= 15 is 0 Å². The molecule has 0 aromatic carbocycles. The van der Waals surface area contributed by atoms with Crippen LogP contribution < -0.4 is 10.6 Å². The first-order valence-corrected chi connectivity index (χ1v) is 4.65. The summed E-state index contributed by atoms with van der Waals surface area (Å²) in [6.07, 6.45) is 0. The lowest BCUT2D eigenvalue weighted by Gasteiger charge is -2.01. The van der Waals surface area contributed by atoms with E-state index < -0.39 is 0 Å². The molecule has 0 saturated carbocycles. The average molecular weight is 191 g/mol. The first kappa shape index (κ1) is 8.99. The Morgan fingerprint density at radius 3 is 2.43 bits per heavy atom. The topological polar surface area (TPSA) is 58.6 Å². The maximum absolute atomic E-state index is 5.82. The number of aryl methyl sites for hydroxylation is 3. The fraction of sp³-hybridized carbons (Fsp3) is 0.400. The minimum absolute atomic E-state index is 0.966. The van der Waals surface area contributed by atoms with Crippen molar-refractivity contribution < 1.29 is 4.79 Å². The normalized spacial score (nSPS) is 11.1. The standard InChI is InChI=1S/C10H14N4/c1-5-6(2)10-9(12-7(5)3)8(4)13-14(10)11/h11H2,1-4H3/p+1. The Morgan fingerprint density at radius 1 is 1.14 bits per heavy atom. The van der Waals surface area contributed by atoms with E-state index in [4.69, 9.17) is 5.84 Å². The molecular weight excluding hydrogens is 176 g/mol. The van der Waals surface area contributed by atoms with E-state index in [-0.39, 0.29) is 0 Å². The second kappa shape index (κ2) is 2.70. The molecule has 0 saturated heterocycles. The maximum atomic E-state index is 5.82. The van der Waals surface area contributed by atoms with Crippen LogP contribution in [-0.4, -0.2) is 10.1 Å². The number of nitrogens with two attached hydrogens (primary N) is 1. The summed E-state index contributed by atoms with van der Waals surface area (Å²) in [5.74, 6) is 5.82. The first-order chi connectivity index (χ1) is 6.52. The number of pyridine rings is 1. The second-order valence-corrected chi connectivity index (χ2v) is 3.75. The fourth-order valence-corrected chi connectivity index (χ4v) is 1.78.